The lowest BCUT2D eigenvalue weighted by Crippen LogP contribution is -2.11. The maximum Gasteiger partial charge on any atom is 0.178 e. The smallest absolute Gasteiger partial charge is 0.178 e. The Bertz CT molecular complexity index is 717. The molecular weight excluding hydrogens is 306 g/mol. The van der Waals surface area contributed by atoms with Gasteiger partial charge in [0.05, 0.1) is 11.7 Å². The Hall–Kier alpha value is -1.79. The fourth-order valence-corrected chi connectivity index (χ4v) is 2.13. The van der Waals surface area contributed by atoms with Gasteiger partial charge in [0.15, 0.2) is 11.5 Å². The molecule has 1 aromatic carbocycles. The van der Waals surface area contributed by atoms with Crippen molar-refractivity contribution in [1.29, 1.82) is 0 Å². The van der Waals surface area contributed by atoms with Gasteiger partial charge in [0.1, 0.15) is 0 Å². The molecule has 19 heavy (non-hydrogen) atoms. The number of aromatic nitrogens is 4. The van der Waals surface area contributed by atoms with E-state index in [9.17, 15) is 0 Å². The van der Waals surface area contributed by atoms with E-state index in [1.165, 1.54) is 0 Å². The number of hydrogen-bond donors (Lipinski definition) is 1. The van der Waals surface area contributed by atoms with E-state index in [0.29, 0.717) is 11.5 Å². The Morgan fingerprint density at radius 3 is 2.53 bits per heavy atom. The molecule has 1 atom stereocenters. The Morgan fingerprint density at radius 2 is 1.84 bits per heavy atom. The SMILES string of the molecule is CC(N)c1nnc2ccc(-c3ccc(Br)cc3)nn12. The molecule has 3 rings (SSSR count). The average Bonchev–Trinajstić information content (AvgIpc) is 2.82. The highest BCUT2D eigenvalue weighted by Crippen LogP contribution is 2.20. The third-order valence-corrected chi connectivity index (χ3v) is 3.36. The predicted molar refractivity (Wildman–Crippen MR) is 76.5 cm³/mol. The summed E-state index contributed by atoms with van der Waals surface area (Å²) in [5.74, 6) is 0.661. The van der Waals surface area contributed by atoms with Crippen LogP contribution in [0, 0.1) is 0 Å². The number of fused-ring (bicyclic) bond motifs is 1. The second-order valence-electron chi connectivity index (χ2n) is 4.34. The molecule has 0 saturated heterocycles. The standard InChI is InChI=1S/C13H12BrN5/c1-8(15)13-17-16-12-7-6-11(18-19(12)13)9-2-4-10(14)5-3-9/h2-8H,15H2,1H3. The first-order chi connectivity index (χ1) is 9.15. The second kappa shape index (κ2) is 4.71. The van der Waals surface area contributed by atoms with Crippen LogP contribution in [0.5, 0.6) is 0 Å². The molecule has 1 unspecified atom stereocenters. The molecule has 0 amide bonds. The van der Waals surface area contributed by atoms with Crippen LogP contribution in [0.1, 0.15) is 18.8 Å². The maximum absolute atomic E-state index is 5.86. The molecule has 0 saturated carbocycles. The summed E-state index contributed by atoms with van der Waals surface area (Å²) in [4.78, 5) is 0. The fourth-order valence-electron chi connectivity index (χ4n) is 1.86. The van der Waals surface area contributed by atoms with Crippen molar-refractivity contribution in [3.05, 3.63) is 46.7 Å². The molecule has 0 aliphatic heterocycles. The topological polar surface area (TPSA) is 69.1 Å². The van der Waals surface area contributed by atoms with Crippen LogP contribution in [0.25, 0.3) is 16.9 Å². The van der Waals surface area contributed by atoms with Gasteiger partial charge in [-0.2, -0.15) is 9.61 Å². The first-order valence-electron chi connectivity index (χ1n) is 5.89. The van der Waals surface area contributed by atoms with Crippen LogP contribution in [0.4, 0.5) is 0 Å². The van der Waals surface area contributed by atoms with E-state index in [4.69, 9.17) is 5.73 Å². The summed E-state index contributed by atoms with van der Waals surface area (Å²) in [6, 6.07) is 11.6. The van der Waals surface area contributed by atoms with E-state index in [0.717, 1.165) is 15.7 Å². The summed E-state index contributed by atoms with van der Waals surface area (Å²) >= 11 is 3.42. The van der Waals surface area contributed by atoms with Crippen molar-refractivity contribution in [3.63, 3.8) is 0 Å². The molecule has 2 N–H and O–H groups in total. The highest BCUT2D eigenvalue weighted by molar-refractivity contribution is 9.10. The van der Waals surface area contributed by atoms with E-state index in [1.807, 2.05) is 43.3 Å². The van der Waals surface area contributed by atoms with Crippen molar-refractivity contribution >= 4 is 21.6 Å². The molecule has 0 fully saturated rings. The highest BCUT2D eigenvalue weighted by Gasteiger charge is 2.11. The molecular formula is C13H12BrN5. The van der Waals surface area contributed by atoms with E-state index in [-0.39, 0.29) is 6.04 Å². The molecule has 0 spiro atoms. The van der Waals surface area contributed by atoms with Crippen LogP contribution in [-0.4, -0.2) is 19.8 Å². The Labute approximate surface area is 118 Å². The average molecular weight is 318 g/mol. The number of halogens is 1. The molecule has 2 aromatic heterocycles. The lowest BCUT2D eigenvalue weighted by molar-refractivity contribution is 0.696. The van der Waals surface area contributed by atoms with Crippen molar-refractivity contribution in [2.24, 2.45) is 5.73 Å². The molecule has 3 aromatic rings. The minimum atomic E-state index is -0.206. The fraction of sp³-hybridized carbons (Fsp3) is 0.154. The molecule has 96 valence electrons. The van der Waals surface area contributed by atoms with Crippen LogP contribution in [-0.2, 0) is 0 Å². The summed E-state index contributed by atoms with van der Waals surface area (Å²) in [5, 5.41) is 12.7. The van der Waals surface area contributed by atoms with Crippen molar-refractivity contribution < 1.29 is 0 Å². The maximum atomic E-state index is 5.86. The third-order valence-electron chi connectivity index (χ3n) is 2.83. The van der Waals surface area contributed by atoms with Crippen LogP contribution in [0.15, 0.2) is 40.9 Å². The first kappa shape index (κ1) is 12.3. The number of benzene rings is 1. The number of nitrogens with zero attached hydrogens (tertiary/aromatic N) is 4. The summed E-state index contributed by atoms with van der Waals surface area (Å²) in [6.07, 6.45) is 0. The van der Waals surface area contributed by atoms with Gasteiger partial charge in [-0.1, -0.05) is 28.1 Å². The number of nitrogens with two attached hydrogens (primary N) is 1. The van der Waals surface area contributed by atoms with Gasteiger partial charge in [0.2, 0.25) is 0 Å². The second-order valence-corrected chi connectivity index (χ2v) is 5.26. The molecule has 5 nitrogen and oxygen atoms in total. The Kier molecular flexibility index (Phi) is 3.04. The largest absolute Gasteiger partial charge is 0.321 e. The summed E-state index contributed by atoms with van der Waals surface area (Å²) in [6.45, 7) is 1.87. The normalized spacial score (nSPS) is 12.8. The van der Waals surface area contributed by atoms with Gasteiger partial charge < -0.3 is 5.73 Å². The zero-order valence-corrected chi connectivity index (χ0v) is 11.9. The molecule has 2 heterocycles. The van der Waals surface area contributed by atoms with Gasteiger partial charge in [-0.15, -0.1) is 10.2 Å². The van der Waals surface area contributed by atoms with Crippen LogP contribution in [0.3, 0.4) is 0 Å². The van der Waals surface area contributed by atoms with Gasteiger partial charge in [-0.25, -0.2) is 0 Å². The monoisotopic (exact) mass is 317 g/mol. The van der Waals surface area contributed by atoms with Crippen LogP contribution >= 0.6 is 15.9 Å². The van der Waals surface area contributed by atoms with E-state index < -0.39 is 0 Å². The number of hydrogen-bond acceptors (Lipinski definition) is 4. The van der Waals surface area contributed by atoms with Crippen molar-refractivity contribution in [3.8, 4) is 11.3 Å². The van der Waals surface area contributed by atoms with Crippen LogP contribution < -0.4 is 5.73 Å². The summed E-state index contributed by atoms with van der Waals surface area (Å²) in [7, 11) is 0. The first-order valence-corrected chi connectivity index (χ1v) is 6.68. The molecule has 0 bridgehead atoms. The Balaban J connectivity index is 2.14. The van der Waals surface area contributed by atoms with E-state index in [1.54, 1.807) is 4.52 Å². The third kappa shape index (κ3) is 2.24. The molecule has 0 aliphatic rings. The van der Waals surface area contributed by atoms with E-state index in [2.05, 4.69) is 31.2 Å². The lowest BCUT2D eigenvalue weighted by atomic mass is 10.1. The van der Waals surface area contributed by atoms with Gasteiger partial charge in [0.25, 0.3) is 0 Å². The molecule has 6 heteroatoms. The summed E-state index contributed by atoms with van der Waals surface area (Å²) in [5.41, 5.74) is 8.46. The van der Waals surface area contributed by atoms with Crippen molar-refractivity contribution in [2.75, 3.05) is 0 Å². The van der Waals surface area contributed by atoms with Crippen molar-refractivity contribution in [1.82, 2.24) is 19.8 Å². The van der Waals surface area contributed by atoms with Gasteiger partial charge in [0, 0.05) is 10.0 Å². The molecule has 0 radical (unpaired) electrons. The van der Waals surface area contributed by atoms with E-state index >= 15 is 0 Å². The van der Waals surface area contributed by atoms with Gasteiger partial charge in [-0.3, -0.25) is 0 Å². The Morgan fingerprint density at radius 1 is 1.11 bits per heavy atom. The summed E-state index contributed by atoms with van der Waals surface area (Å²) < 4.78 is 2.74. The molecule has 0 aliphatic carbocycles. The zero-order valence-electron chi connectivity index (χ0n) is 10.3. The minimum absolute atomic E-state index is 0.206. The van der Waals surface area contributed by atoms with Crippen molar-refractivity contribution in [2.45, 2.75) is 13.0 Å². The predicted octanol–water partition coefficient (Wildman–Crippen LogP) is 2.57. The van der Waals surface area contributed by atoms with Gasteiger partial charge in [-0.05, 0) is 31.2 Å². The van der Waals surface area contributed by atoms with Crippen LogP contribution in [0.2, 0.25) is 0 Å². The van der Waals surface area contributed by atoms with Gasteiger partial charge >= 0.3 is 0 Å². The quantitative estimate of drug-likeness (QED) is 0.788. The lowest BCUT2D eigenvalue weighted by Gasteiger charge is -2.05. The zero-order chi connectivity index (χ0) is 13.4. The minimum Gasteiger partial charge on any atom is -0.321 e. The number of rotatable bonds is 2. The highest BCUT2D eigenvalue weighted by atomic mass is 79.9.